The number of rotatable bonds is 6. The van der Waals surface area contributed by atoms with Crippen molar-refractivity contribution in [1.29, 1.82) is 0 Å². The molecule has 9 nitrogen and oxygen atoms in total. The first-order chi connectivity index (χ1) is 14.7. The van der Waals surface area contributed by atoms with Gasteiger partial charge < -0.3 is 15.1 Å². The summed E-state index contributed by atoms with van der Waals surface area (Å²) < 4.78 is 5.06. The van der Waals surface area contributed by atoms with Gasteiger partial charge >= 0.3 is 5.63 Å². The molecule has 0 fully saturated rings. The third kappa shape index (κ3) is 5.07. The van der Waals surface area contributed by atoms with Crippen molar-refractivity contribution in [2.24, 2.45) is 5.92 Å². The molecule has 1 unspecified atom stereocenters. The lowest BCUT2D eigenvalue weighted by Gasteiger charge is -2.22. The zero-order valence-corrected chi connectivity index (χ0v) is 17.3. The molecular formula is C21H18ClN3O6. The predicted octanol–water partition coefficient (Wildman–Crippen LogP) is 3.75. The highest BCUT2D eigenvalue weighted by atomic mass is 35.5. The van der Waals surface area contributed by atoms with Gasteiger partial charge in [0, 0.05) is 29.3 Å². The molecule has 160 valence electrons. The molecular weight excluding hydrogens is 426 g/mol. The summed E-state index contributed by atoms with van der Waals surface area (Å²) >= 11 is 6.01. The molecule has 2 amide bonds. The SMILES string of the molecule is CC(C)C(NC(=O)c1ccc([N+](=O)[O-])cc1Cl)C(=O)Nc1ccc2oc(=O)ccc2c1. The Morgan fingerprint density at radius 1 is 1.10 bits per heavy atom. The number of non-ortho nitro benzene ring substituents is 1. The lowest BCUT2D eigenvalue weighted by atomic mass is 10.0. The number of halogens is 1. The number of benzene rings is 2. The maximum absolute atomic E-state index is 12.8. The molecule has 0 saturated heterocycles. The van der Waals surface area contributed by atoms with Crippen LogP contribution in [0.5, 0.6) is 0 Å². The van der Waals surface area contributed by atoms with Crippen LogP contribution >= 0.6 is 11.6 Å². The zero-order chi connectivity index (χ0) is 22.7. The van der Waals surface area contributed by atoms with Crippen LogP contribution in [0.15, 0.2) is 57.7 Å². The van der Waals surface area contributed by atoms with Crippen molar-refractivity contribution >= 4 is 45.8 Å². The molecule has 0 aliphatic heterocycles. The number of amides is 2. The zero-order valence-electron chi connectivity index (χ0n) is 16.5. The molecule has 0 aliphatic carbocycles. The average Bonchev–Trinajstić information content (AvgIpc) is 2.71. The molecule has 1 heterocycles. The van der Waals surface area contributed by atoms with E-state index in [9.17, 15) is 24.5 Å². The first-order valence-corrected chi connectivity index (χ1v) is 9.63. The molecule has 3 rings (SSSR count). The third-order valence-corrected chi connectivity index (χ3v) is 4.84. The van der Waals surface area contributed by atoms with Gasteiger partial charge in [0.25, 0.3) is 11.6 Å². The first kappa shape index (κ1) is 22.0. The number of nitrogens with zero attached hydrogens (tertiary/aromatic N) is 1. The Labute approximate surface area is 181 Å². The van der Waals surface area contributed by atoms with Crippen LogP contribution in [0.2, 0.25) is 5.02 Å². The predicted molar refractivity (Wildman–Crippen MR) is 115 cm³/mol. The van der Waals surface area contributed by atoms with Crippen molar-refractivity contribution in [1.82, 2.24) is 5.32 Å². The van der Waals surface area contributed by atoms with E-state index in [-0.39, 0.29) is 22.2 Å². The standard InChI is InChI=1S/C21H18ClN3O6/c1-11(2)19(24-20(27)15-6-5-14(25(29)30)10-16(15)22)21(28)23-13-4-7-17-12(9-13)3-8-18(26)31-17/h3-11,19H,1-2H3,(H,23,28)(H,24,27). The number of carbonyl (C=O) groups excluding carboxylic acids is 2. The number of hydrogen-bond donors (Lipinski definition) is 2. The Balaban J connectivity index is 1.78. The van der Waals surface area contributed by atoms with Crippen LogP contribution in [0, 0.1) is 16.0 Å². The number of fused-ring (bicyclic) bond motifs is 1. The molecule has 0 saturated carbocycles. The number of nitro groups is 1. The summed E-state index contributed by atoms with van der Waals surface area (Å²) in [5, 5.41) is 16.7. The van der Waals surface area contributed by atoms with Gasteiger partial charge in [0.15, 0.2) is 0 Å². The molecule has 0 aliphatic rings. The number of anilines is 1. The molecule has 2 N–H and O–H groups in total. The molecule has 2 aromatic carbocycles. The Hall–Kier alpha value is -3.72. The Bertz CT molecular complexity index is 1240. The fourth-order valence-electron chi connectivity index (χ4n) is 2.93. The third-order valence-electron chi connectivity index (χ3n) is 4.53. The van der Waals surface area contributed by atoms with Crippen LogP contribution in [0.3, 0.4) is 0 Å². The second-order valence-electron chi connectivity index (χ2n) is 7.11. The molecule has 0 radical (unpaired) electrons. The van der Waals surface area contributed by atoms with E-state index in [1.54, 1.807) is 38.1 Å². The van der Waals surface area contributed by atoms with Crippen molar-refractivity contribution in [2.75, 3.05) is 5.32 Å². The number of hydrogen-bond acceptors (Lipinski definition) is 6. The quantitative estimate of drug-likeness (QED) is 0.339. The van der Waals surface area contributed by atoms with Crippen LogP contribution in [-0.2, 0) is 4.79 Å². The van der Waals surface area contributed by atoms with Gasteiger partial charge in [0.1, 0.15) is 11.6 Å². The number of nitro benzene ring substituents is 1. The molecule has 1 aromatic heterocycles. The Morgan fingerprint density at radius 2 is 1.84 bits per heavy atom. The van der Waals surface area contributed by atoms with Gasteiger partial charge in [-0.15, -0.1) is 0 Å². The van der Waals surface area contributed by atoms with Gasteiger partial charge in [-0.3, -0.25) is 19.7 Å². The van der Waals surface area contributed by atoms with Gasteiger partial charge in [-0.05, 0) is 36.2 Å². The molecule has 10 heteroatoms. The van der Waals surface area contributed by atoms with Crippen LogP contribution in [0.4, 0.5) is 11.4 Å². The van der Waals surface area contributed by atoms with E-state index in [2.05, 4.69) is 10.6 Å². The van der Waals surface area contributed by atoms with Crippen molar-refractivity contribution in [3.8, 4) is 0 Å². The minimum atomic E-state index is -0.900. The second kappa shape index (κ2) is 8.97. The highest BCUT2D eigenvalue weighted by Gasteiger charge is 2.26. The summed E-state index contributed by atoms with van der Waals surface area (Å²) in [5.74, 6) is -1.36. The summed E-state index contributed by atoms with van der Waals surface area (Å²) in [6, 6.07) is 10.2. The Kier molecular flexibility index (Phi) is 6.36. The van der Waals surface area contributed by atoms with Gasteiger partial charge in [0.05, 0.1) is 15.5 Å². The van der Waals surface area contributed by atoms with Crippen molar-refractivity contribution in [3.63, 3.8) is 0 Å². The molecule has 1 atom stereocenters. The van der Waals surface area contributed by atoms with Crippen LogP contribution in [0.1, 0.15) is 24.2 Å². The normalized spacial score (nSPS) is 11.9. The van der Waals surface area contributed by atoms with Crippen LogP contribution in [-0.4, -0.2) is 22.8 Å². The van der Waals surface area contributed by atoms with Crippen LogP contribution < -0.4 is 16.3 Å². The number of nitrogens with one attached hydrogen (secondary N) is 2. The van der Waals surface area contributed by atoms with E-state index < -0.39 is 28.4 Å². The summed E-state index contributed by atoms with van der Waals surface area (Å²) in [5.41, 5.74) is 0.140. The smallest absolute Gasteiger partial charge is 0.336 e. The van der Waals surface area contributed by atoms with E-state index in [1.165, 1.54) is 18.2 Å². The van der Waals surface area contributed by atoms with Crippen molar-refractivity contribution in [2.45, 2.75) is 19.9 Å². The first-order valence-electron chi connectivity index (χ1n) is 9.25. The molecule has 0 bridgehead atoms. The van der Waals surface area contributed by atoms with E-state index >= 15 is 0 Å². The van der Waals surface area contributed by atoms with Gasteiger partial charge in [-0.2, -0.15) is 0 Å². The van der Waals surface area contributed by atoms with Gasteiger partial charge in [-0.25, -0.2) is 4.79 Å². The highest BCUT2D eigenvalue weighted by molar-refractivity contribution is 6.34. The summed E-state index contributed by atoms with van der Waals surface area (Å²) in [6.07, 6.45) is 0. The van der Waals surface area contributed by atoms with Crippen molar-refractivity contribution < 1.29 is 18.9 Å². The fraction of sp³-hybridized carbons (Fsp3) is 0.190. The lowest BCUT2D eigenvalue weighted by molar-refractivity contribution is -0.384. The average molecular weight is 444 g/mol. The largest absolute Gasteiger partial charge is 0.423 e. The minimum absolute atomic E-state index is 0.0199. The summed E-state index contributed by atoms with van der Waals surface area (Å²) in [4.78, 5) is 47.0. The lowest BCUT2D eigenvalue weighted by Crippen LogP contribution is -2.47. The monoisotopic (exact) mass is 443 g/mol. The highest BCUT2D eigenvalue weighted by Crippen LogP contribution is 2.23. The van der Waals surface area contributed by atoms with Gasteiger partial charge in [0.2, 0.25) is 5.91 Å². The maximum Gasteiger partial charge on any atom is 0.336 e. The topological polar surface area (TPSA) is 132 Å². The van der Waals surface area contributed by atoms with E-state index in [0.29, 0.717) is 16.7 Å². The number of carbonyl (C=O) groups is 2. The minimum Gasteiger partial charge on any atom is -0.423 e. The molecule has 3 aromatic rings. The van der Waals surface area contributed by atoms with E-state index in [4.69, 9.17) is 16.0 Å². The van der Waals surface area contributed by atoms with E-state index in [0.717, 1.165) is 6.07 Å². The molecule has 0 spiro atoms. The molecule has 31 heavy (non-hydrogen) atoms. The second-order valence-corrected chi connectivity index (χ2v) is 7.52. The fourth-order valence-corrected chi connectivity index (χ4v) is 3.19. The van der Waals surface area contributed by atoms with E-state index in [1.807, 2.05) is 0 Å². The summed E-state index contributed by atoms with van der Waals surface area (Å²) in [6.45, 7) is 3.52. The Morgan fingerprint density at radius 3 is 2.48 bits per heavy atom. The summed E-state index contributed by atoms with van der Waals surface area (Å²) in [7, 11) is 0. The maximum atomic E-state index is 12.8. The van der Waals surface area contributed by atoms with Crippen LogP contribution in [0.25, 0.3) is 11.0 Å². The van der Waals surface area contributed by atoms with Crippen molar-refractivity contribution in [3.05, 3.63) is 79.7 Å². The van der Waals surface area contributed by atoms with Gasteiger partial charge in [-0.1, -0.05) is 25.4 Å².